The maximum absolute atomic E-state index is 11.4. The molecule has 0 aliphatic rings. The van der Waals surface area contributed by atoms with Crippen LogP contribution in [0.2, 0.25) is 0 Å². The predicted octanol–water partition coefficient (Wildman–Crippen LogP) is 1.55. The predicted molar refractivity (Wildman–Crippen MR) is 64.1 cm³/mol. The molecule has 0 aliphatic carbocycles. The van der Waals surface area contributed by atoms with Crippen molar-refractivity contribution in [1.29, 1.82) is 0 Å². The smallest absolute Gasteiger partial charge is 0.358 e. The second-order valence-corrected chi connectivity index (χ2v) is 3.63. The Labute approximate surface area is 98.8 Å². The summed E-state index contributed by atoms with van der Waals surface area (Å²) in [5.74, 6) is -0.457. The Hall–Kier alpha value is -2.30. The number of benzene rings is 1. The van der Waals surface area contributed by atoms with E-state index in [9.17, 15) is 4.79 Å². The van der Waals surface area contributed by atoms with Crippen LogP contribution in [0.25, 0.3) is 5.69 Å². The van der Waals surface area contributed by atoms with Gasteiger partial charge in [-0.3, -0.25) is 0 Å². The molecule has 0 amide bonds. The van der Waals surface area contributed by atoms with Crippen LogP contribution in [0.3, 0.4) is 0 Å². The number of hydrogen-bond acceptors (Lipinski definition) is 4. The van der Waals surface area contributed by atoms with E-state index in [-0.39, 0.29) is 5.69 Å². The Kier molecular flexibility index (Phi) is 2.82. The van der Waals surface area contributed by atoms with Gasteiger partial charge in [0.1, 0.15) is 0 Å². The normalized spacial score (nSPS) is 10.2. The zero-order chi connectivity index (χ0) is 12.4. The lowest BCUT2D eigenvalue weighted by molar-refractivity contribution is 0.0593. The molecule has 0 saturated heterocycles. The molecule has 1 heterocycles. The molecule has 0 aliphatic heterocycles. The molecule has 17 heavy (non-hydrogen) atoms. The first kappa shape index (κ1) is 11.2. The molecule has 2 rings (SSSR count). The third kappa shape index (κ3) is 1.99. The number of aryl methyl sites for hydroxylation is 1. The van der Waals surface area contributed by atoms with Crippen LogP contribution >= 0.6 is 0 Å². The molecular formula is C12H13N3O2. The number of methoxy groups -OCH3 is 1. The van der Waals surface area contributed by atoms with E-state index in [1.807, 2.05) is 25.1 Å². The summed E-state index contributed by atoms with van der Waals surface area (Å²) >= 11 is 0. The molecule has 0 unspecified atom stereocenters. The first-order valence-corrected chi connectivity index (χ1v) is 5.13. The van der Waals surface area contributed by atoms with Gasteiger partial charge in [-0.1, -0.05) is 12.1 Å². The fourth-order valence-corrected chi connectivity index (χ4v) is 1.60. The van der Waals surface area contributed by atoms with Crippen molar-refractivity contribution in [2.45, 2.75) is 6.92 Å². The number of nitrogens with zero attached hydrogens (tertiary/aromatic N) is 2. The fraction of sp³-hybridized carbons (Fsp3) is 0.167. The molecule has 0 radical (unpaired) electrons. The van der Waals surface area contributed by atoms with E-state index in [1.54, 1.807) is 16.8 Å². The van der Waals surface area contributed by atoms with Crippen LogP contribution in [-0.4, -0.2) is 22.9 Å². The molecule has 1 aromatic carbocycles. The first-order chi connectivity index (χ1) is 8.13. The number of nitrogens with two attached hydrogens (primary N) is 1. The lowest BCUT2D eigenvalue weighted by atomic mass is 10.2. The van der Waals surface area contributed by atoms with Crippen molar-refractivity contribution in [3.63, 3.8) is 0 Å². The van der Waals surface area contributed by atoms with Crippen LogP contribution < -0.4 is 5.73 Å². The van der Waals surface area contributed by atoms with Gasteiger partial charge in [-0.25, -0.2) is 9.48 Å². The minimum Gasteiger partial charge on any atom is -0.464 e. The minimum atomic E-state index is -0.457. The van der Waals surface area contributed by atoms with Crippen LogP contribution in [0.15, 0.2) is 30.3 Å². The number of anilines is 1. The van der Waals surface area contributed by atoms with Gasteiger partial charge in [0.05, 0.1) is 18.5 Å². The number of carbonyl (C=O) groups is 1. The Bertz CT molecular complexity index is 561. The lowest BCUT2D eigenvalue weighted by Gasteiger charge is -2.06. The van der Waals surface area contributed by atoms with Gasteiger partial charge in [-0.05, 0) is 25.1 Å². The highest BCUT2D eigenvalue weighted by atomic mass is 16.5. The van der Waals surface area contributed by atoms with Crippen molar-refractivity contribution in [2.24, 2.45) is 0 Å². The zero-order valence-electron chi connectivity index (χ0n) is 9.68. The summed E-state index contributed by atoms with van der Waals surface area (Å²) in [7, 11) is 1.33. The van der Waals surface area contributed by atoms with Gasteiger partial charge in [-0.2, -0.15) is 5.10 Å². The van der Waals surface area contributed by atoms with Crippen LogP contribution in [0.5, 0.6) is 0 Å². The second kappa shape index (κ2) is 4.29. The third-order valence-electron chi connectivity index (χ3n) is 2.45. The number of rotatable bonds is 2. The van der Waals surface area contributed by atoms with Crippen LogP contribution in [0.4, 0.5) is 5.69 Å². The quantitative estimate of drug-likeness (QED) is 0.628. The first-order valence-electron chi connectivity index (χ1n) is 5.13. The van der Waals surface area contributed by atoms with E-state index in [2.05, 4.69) is 9.84 Å². The van der Waals surface area contributed by atoms with Crippen molar-refractivity contribution in [1.82, 2.24) is 9.78 Å². The number of carbonyl (C=O) groups excluding carboxylic acids is 1. The SMILES string of the molecule is COC(=O)c1cc(C)n(-c2ccccc2N)n1. The number of aromatic nitrogens is 2. The minimum absolute atomic E-state index is 0.272. The second-order valence-electron chi connectivity index (χ2n) is 3.63. The monoisotopic (exact) mass is 231 g/mol. The van der Waals surface area contributed by atoms with Crippen molar-refractivity contribution < 1.29 is 9.53 Å². The van der Waals surface area contributed by atoms with Gasteiger partial charge in [0.25, 0.3) is 0 Å². The zero-order valence-corrected chi connectivity index (χ0v) is 9.68. The Morgan fingerprint density at radius 3 is 2.76 bits per heavy atom. The summed E-state index contributed by atoms with van der Waals surface area (Å²) < 4.78 is 6.25. The largest absolute Gasteiger partial charge is 0.464 e. The molecular weight excluding hydrogens is 218 g/mol. The third-order valence-corrected chi connectivity index (χ3v) is 2.45. The molecule has 1 aromatic heterocycles. The van der Waals surface area contributed by atoms with Crippen molar-refractivity contribution >= 4 is 11.7 Å². The summed E-state index contributed by atoms with van der Waals surface area (Å²) in [6.07, 6.45) is 0. The number of hydrogen-bond donors (Lipinski definition) is 1. The fourth-order valence-electron chi connectivity index (χ4n) is 1.60. The van der Waals surface area contributed by atoms with Crippen LogP contribution in [-0.2, 0) is 4.74 Å². The molecule has 2 N–H and O–H groups in total. The standard InChI is InChI=1S/C12H13N3O2/c1-8-7-10(12(16)17-2)14-15(8)11-6-4-3-5-9(11)13/h3-7H,13H2,1-2H3. The summed E-state index contributed by atoms with van der Waals surface area (Å²) in [6.45, 7) is 1.85. The Balaban J connectivity index is 2.50. The van der Waals surface area contributed by atoms with Gasteiger partial charge in [0.2, 0.25) is 0 Å². The molecule has 2 aromatic rings. The van der Waals surface area contributed by atoms with Gasteiger partial charge in [0, 0.05) is 5.69 Å². The lowest BCUT2D eigenvalue weighted by Crippen LogP contribution is -2.06. The number of nitrogen functional groups attached to an aromatic ring is 1. The molecule has 88 valence electrons. The van der Waals surface area contributed by atoms with E-state index in [0.29, 0.717) is 5.69 Å². The molecule has 0 atom stereocenters. The molecule has 0 bridgehead atoms. The van der Waals surface area contributed by atoms with Gasteiger partial charge in [-0.15, -0.1) is 0 Å². The Morgan fingerprint density at radius 1 is 1.41 bits per heavy atom. The molecule has 5 heteroatoms. The molecule has 5 nitrogen and oxygen atoms in total. The highest BCUT2D eigenvalue weighted by Gasteiger charge is 2.14. The van der Waals surface area contributed by atoms with E-state index in [0.717, 1.165) is 11.4 Å². The summed E-state index contributed by atoms with van der Waals surface area (Å²) in [6, 6.07) is 9.01. The molecule has 0 saturated carbocycles. The average Bonchev–Trinajstić information content (AvgIpc) is 2.71. The van der Waals surface area contributed by atoms with Gasteiger partial charge in [0.15, 0.2) is 5.69 Å². The maximum Gasteiger partial charge on any atom is 0.358 e. The van der Waals surface area contributed by atoms with E-state index in [4.69, 9.17) is 5.73 Å². The topological polar surface area (TPSA) is 70.1 Å². The average molecular weight is 231 g/mol. The number of para-hydroxylation sites is 2. The number of ether oxygens (including phenoxy) is 1. The Morgan fingerprint density at radius 2 is 2.12 bits per heavy atom. The highest BCUT2D eigenvalue weighted by Crippen LogP contribution is 2.18. The van der Waals surface area contributed by atoms with Crippen molar-refractivity contribution in [3.05, 3.63) is 41.7 Å². The molecule has 0 fully saturated rings. The van der Waals surface area contributed by atoms with Crippen molar-refractivity contribution in [3.8, 4) is 5.69 Å². The van der Waals surface area contributed by atoms with Crippen LogP contribution in [0, 0.1) is 6.92 Å². The van der Waals surface area contributed by atoms with Crippen molar-refractivity contribution in [2.75, 3.05) is 12.8 Å². The van der Waals surface area contributed by atoms with Gasteiger partial charge >= 0.3 is 5.97 Å². The summed E-state index contributed by atoms with van der Waals surface area (Å²) in [5, 5.41) is 4.17. The summed E-state index contributed by atoms with van der Waals surface area (Å²) in [5.41, 5.74) is 8.31. The van der Waals surface area contributed by atoms with Gasteiger partial charge < -0.3 is 10.5 Å². The van der Waals surface area contributed by atoms with E-state index >= 15 is 0 Å². The van der Waals surface area contributed by atoms with Crippen LogP contribution in [0.1, 0.15) is 16.2 Å². The highest BCUT2D eigenvalue weighted by molar-refractivity contribution is 5.87. The maximum atomic E-state index is 11.4. The van der Waals surface area contributed by atoms with E-state index < -0.39 is 5.97 Å². The number of esters is 1. The summed E-state index contributed by atoms with van der Waals surface area (Å²) in [4.78, 5) is 11.4. The van der Waals surface area contributed by atoms with E-state index in [1.165, 1.54) is 7.11 Å². The molecule has 0 spiro atoms.